The summed E-state index contributed by atoms with van der Waals surface area (Å²) in [6.07, 6.45) is 0.348. The highest BCUT2D eigenvalue weighted by atomic mass is 32.2. The number of sulfonamides is 1. The van der Waals surface area contributed by atoms with E-state index in [9.17, 15) is 18.3 Å². The van der Waals surface area contributed by atoms with E-state index in [-0.39, 0.29) is 24.2 Å². The third-order valence-electron chi connectivity index (χ3n) is 5.78. The van der Waals surface area contributed by atoms with E-state index in [1.165, 1.54) is 0 Å². The number of fused-ring (bicyclic) bond motifs is 3. The summed E-state index contributed by atoms with van der Waals surface area (Å²) in [5, 5.41) is 19.4. The number of rotatable bonds is 8. The molecule has 1 saturated carbocycles. The van der Waals surface area contributed by atoms with Gasteiger partial charge in [0.25, 0.3) is 0 Å². The maximum absolute atomic E-state index is 12.8. The van der Waals surface area contributed by atoms with Crippen LogP contribution in [0.25, 0.3) is 0 Å². The van der Waals surface area contributed by atoms with E-state index in [1.54, 1.807) is 24.3 Å². The largest absolute Gasteiger partial charge is 0.489 e. The number of aliphatic hydroxyl groups excluding tert-OH is 1. The molecule has 0 radical (unpaired) electrons. The lowest BCUT2D eigenvalue weighted by Crippen LogP contribution is -2.43. The van der Waals surface area contributed by atoms with Crippen molar-refractivity contribution in [3.8, 4) is 5.75 Å². The second-order valence-corrected chi connectivity index (χ2v) is 9.71. The monoisotopic (exact) mass is 431 g/mol. The normalized spacial score (nSPS) is 24.8. The molecule has 7 nitrogen and oxygen atoms in total. The summed E-state index contributed by atoms with van der Waals surface area (Å²) >= 11 is 0. The van der Waals surface area contributed by atoms with Crippen molar-refractivity contribution in [1.82, 2.24) is 4.72 Å². The Labute approximate surface area is 175 Å². The third-order valence-corrected chi connectivity index (χ3v) is 7.13. The lowest BCUT2D eigenvalue weighted by atomic mass is 9.92. The number of hydrogen-bond acceptors (Lipinski definition) is 5. The van der Waals surface area contributed by atoms with E-state index in [0.29, 0.717) is 30.6 Å². The number of hydrogen-bond donors (Lipinski definition) is 3. The Balaban J connectivity index is 1.53. The van der Waals surface area contributed by atoms with Crippen molar-refractivity contribution in [3.63, 3.8) is 0 Å². The molecule has 2 aliphatic rings. The van der Waals surface area contributed by atoms with Crippen molar-refractivity contribution < 1.29 is 28.2 Å². The molecular formula is C22H25NO6S. The molecule has 4 rings (SSSR count). The number of carbonyl (C=O) groups is 1. The van der Waals surface area contributed by atoms with E-state index in [1.807, 2.05) is 24.3 Å². The number of carboxylic acids is 1. The fraction of sp³-hybridized carbons (Fsp3) is 0.409. The van der Waals surface area contributed by atoms with Gasteiger partial charge in [-0.1, -0.05) is 48.5 Å². The standard InChI is InChI=1S/C22H25NO6S/c24-17-12-18-20(21(17)23-30(27,28)13-14-6-2-1-3-7-14)16-10-4-8-15(22(16)29-18)9-5-11-19(25)26/h1-4,6-8,10,17-18,20-21,23-24H,5,9,11-13H2,(H,25,26). The van der Waals surface area contributed by atoms with E-state index in [2.05, 4.69) is 4.72 Å². The SMILES string of the molecule is O=C(O)CCCc1cccc2c1OC1CC(O)C(NS(=O)(=O)Cc3ccccc3)C21. The van der Waals surface area contributed by atoms with Crippen LogP contribution in [0, 0.1) is 0 Å². The predicted molar refractivity (Wildman–Crippen MR) is 111 cm³/mol. The summed E-state index contributed by atoms with van der Waals surface area (Å²) in [6.45, 7) is 0. The zero-order valence-corrected chi connectivity index (χ0v) is 17.2. The van der Waals surface area contributed by atoms with Crippen LogP contribution in [-0.2, 0) is 27.0 Å². The Hall–Kier alpha value is -2.42. The molecule has 2 aromatic rings. The fourth-order valence-corrected chi connectivity index (χ4v) is 5.93. The van der Waals surface area contributed by atoms with Crippen molar-refractivity contribution >= 4 is 16.0 Å². The van der Waals surface area contributed by atoms with Gasteiger partial charge in [0.05, 0.1) is 17.9 Å². The average molecular weight is 432 g/mol. The number of aliphatic carboxylic acids is 1. The van der Waals surface area contributed by atoms with E-state index in [0.717, 1.165) is 11.1 Å². The topological polar surface area (TPSA) is 113 Å². The summed E-state index contributed by atoms with van der Waals surface area (Å²) in [4.78, 5) is 10.8. The van der Waals surface area contributed by atoms with Crippen LogP contribution in [0.15, 0.2) is 48.5 Å². The number of aryl methyl sites for hydroxylation is 1. The van der Waals surface area contributed by atoms with Crippen LogP contribution in [0.2, 0.25) is 0 Å². The molecule has 3 N–H and O–H groups in total. The van der Waals surface area contributed by atoms with E-state index < -0.39 is 28.1 Å². The highest BCUT2D eigenvalue weighted by Crippen LogP contribution is 2.49. The zero-order chi connectivity index (χ0) is 21.3. The number of nitrogens with one attached hydrogen (secondary N) is 1. The maximum Gasteiger partial charge on any atom is 0.303 e. The Morgan fingerprint density at radius 3 is 2.63 bits per heavy atom. The molecule has 1 aliphatic heterocycles. The quantitative estimate of drug-likeness (QED) is 0.591. The Morgan fingerprint density at radius 2 is 1.90 bits per heavy atom. The van der Waals surface area contributed by atoms with Crippen LogP contribution < -0.4 is 9.46 Å². The van der Waals surface area contributed by atoms with Gasteiger partial charge in [-0.3, -0.25) is 4.79 Å². The molecule has 0 aromatic heterocycles. The van der Waals surface area contributed by atoms with Crippen molar-refractivity contribution in [1.29, 1.82) is 0 Å². The lowest BCUT2D eigenvalue weighted by molar-refractivity contribution is -0.137. The van der Waals surface area contributed by atoms with Gasteiger partial charge in [-0.25, -0.2) is 13.1 Å². The highest BCUT2D eigenvalue weighted by Gasteiger charge is 2.51. The minimum atomic E-state index is -3.66. The average Bonchev–Trinajstić information content (AvgIpc) is 3.18. The molecule has 0 bridgehead atoms. The Bertz CT molecular complexity index is 1020. The minimum Gasteiger partial charge on any atom is -0.489 e. The van der Waals surface area contributed by atoms with E-state index in [4.69, 9.17) is 9.84 Å². The first-order valence-electron chi connectivity index (χ1n) is 10.1. The fourth-order valence-electron chi connectivity index (χ4n) is 4.50. The highest BCUT2D eigenvalue weighted by molar-refractivity contribution is 7.88. The molecule has 1 heterocycles. The molecule has 4 atom stereocenters. The second kappa shape index (κ2) is 8.37. The molecule has 160 valence electrons. The molecular weight excluding hydrogens is 406 g/mol. The summed E-state index contributed by atoms with van der Waals surface area (Å²) in [6, 6.07) is 13.9. The molecule has 1 fully saturated rings. The second-order valence-electron chi connectivity index (χ2n) is 7.96. The summed E-state index contributed by atoms with van der Waals surface area (Å²) in [5.41, 5.74) is 2.47. The molecule has 0 amide bonds. The van der Waals surface area contributed by atoms with Crippen molar-refractivity contribution in [2.45, 2.75) is 55.6 Å². The van der Waals surface area contributed by atoms with Gasteiger partial charge >= 0.3 is 5.97 Å². The number of para-hydroxylation sites is 1. The minimum absolute atomic E-state index is 0.0805. The molecule has 30 heavy (non-hydrogen) atoms. The van der Waals surface area contributed by atoms with Gasteiger partial charge in [0, 0.05) is 24.3 Å². The molecule has 4 unspecified atom stereocenters. The third kappa shape index (κ3) is 4.35. The molecule has 1 aliphatic carbocycles. The van der Waals surface area contributed by atoms with Gasteiger partial charge in [-0.15, -0.1) is 0 Å². The zero-order valence-electron chi connectivity index (χ0n) is 16.4. The van der Waals surface area contributed by atoms with Crippen LogP contribution in [0.1, 0.15) is 41.9 Å². The molecule has 2 aromatic carbocycles. The van der Waals surface area contributed by atoms with Gasteiger partial charge in [0.15, 0.2) is 0 Å². The molecule has 8 heteroatoms. The number of benzene rings is 2. The number of ether oxygens (including phenoxy) is 1. The van der Waals surface area contributed by atoms with Crippen LogP contribution in [0.3, 0.4) is 0 Å². The van der Waals surface area contributed by atoms with Crippen molar-refractivity contribution in [2.75, 3.05) is 0 Å². The summed E-state index contributed by atoms with van der Waals surface area (Å²) in [7, 11) is -3.66. The first-order chi connectivity index (χ1) is 14.3. The van der Waals surface area contributed by atoms with Gasteiger partial charge in [-0.2, -0.15) is 0 Å². The predicted octanol–water partition coefficient (Wildman–Crippen LogP) is 2.19. The van der Waals surface area contributed by atoms with Gasteiger partial charge in [-0.05, 0) is 24.0 Å². The van der Waals surface area contributed by atoms with Crippen molar-refractivity contribution in [2.24, 2.45) is 0 Å². The van der Waals surface area contributed by atoms with Crippen molar-refractivity contribution in [3.05, 3.63) is 65.2 Å². The lowest BCUT2D eigenvalue weighted by Gasteiger charge is -2.22. The first kappa shape index (κ1) is 20.8. The number of carboxylic acid groups (broad SMARTS) is 1. The summed E-state index contributed by atoms with van der Waals surface area (Å²) in [5.74, 6) is -0.564. The number of aliphatic hydroxyl groups is 1. The van der Waals surface area contributed by atoms with Crippen LogP contribution in [-0.4, -0.2) is 42.8 Å². The molecule has 0 spiro atoms. The first-order valence-corrected chi connectivity index (χ1v) is 11.7. The smallest absolute Gasteiger partial charge is 0.303 e. The Kier molecular flexibility index (Phi) is 5.81. The maximum atomic E-state index is 12.8. The van der Waals surface area contributed by atoms with Crippen LogP contribution >= 0.6 is 0 Å². The summed E-state index contributed by atoms with van der Waals surface area (Å²) < 4.78 is 34.3. The van der Waals surface area contributed by atoms with Gasteiger partial charge in [0.1, 0.15) is 11.9 Å². The molecule has 0 saturated heterocycles. The van der Waals surface area contributed by atoms with Gasteiger partial charge < -0.3 is 14.9 Å². The van der Waals surface area contributed by atoms with Crippen LogP contribution in [0.5, 0.6) is 5.75 Å². The van der Waals surface area contributed by atoms with E-state index >= 15 is 0 Å². The van der Waals surface area contributed by atoms with Crippen LogP contribution in [0.4, 0.5) is 0 Å². The van der Waals surface area contributed by atoms with Gasteiger partial charge in [0.2, 0.25) is 10.0 Å². The Morgan fingerprint density at radius 1 is 1.13 bits per heavy atom.